The molecule has 1 heterocycles. The maximum absolute atomic E-state index is 13.5. The van der Waals surface area contributed by atoms with Crippen molar-refractivity contribution in [2.45, 2.75) is 31.6 Å². The van der Waals surface area contributed by atoms with E-state index in [2.05, 4.69) is 5.32 Å². The second-order valence-electron chi connectivity index (χ2n) is 7.47. The number of ketones is 1. The summed E-state index contributed by atoms with van der Waals surface area (Å²) in [5, 5.41) is 3.29. The van der Waals surface area contributed by atoms with Gasteiger partial charge in [-0.2, -0.15) is 0 Å². The molecule has 1 aliphatic carbocycles. The van der Waals surface area contributed by atoms with Crippen LogP contribution in [-0.2, 0) is 14.3 Å². The third-order valence-electron chi connectivity index (χ3n) is 5.71. The number of hydrogen-bond acceptors (Lipinski definition) is 4. The van der Waals surface area contributed by atoms with Gasteiger partial charge in [0.05, 0.1) is 12.7 Å². The molecular formula is C24H22FNO3. The van der Waals surface area contributed by atoms with Crippen molar-refractivity contribution in [1.29, 1.82) is 0 Å². The molecule has 0 radical (unpaired) electrons. The SMILES string of the molecule is COC(=O)C1=C(C)NC2=C(C(=O)C[C@H](c3ccccc3)C2)[C@H]1c1ccc(F)cc1. The van der Waals surface area contributed by atoms with Gasteiger partial charge in [0, 0.05) is 29.3 Å². The zero-order chi connectivity index (χ0) is 20.5. The number of methoxy groups -OCH3 is 1. The first-order chi connectivity index (χ1) is 14.0. The van der Waals surface area contributed by atoms with Gasteiger partial charge in [-0.15, -0.1) is 0 Å². The van der Waals surface area contributed by atoms with Gasteiger partial charge in [0.1, 0.15) is 5.82 Å². The van der Waals surface area contributed by atoms with Gasteiger partial charge >= 0.3 is 5.97 Å². The number of dihydropyridines is 1. The summed E-state index contributed by atoms with van der Waals surface area (Å²) in [7, 11) is 1.32. The van der Waals surface area contributed by atoms with Crippen LogP contribution in [-0.4, -0.2) is 18.9 Å². The number of Topliss-reactive ketones (excluding diaryl/α,β-unsaturated/α-hetero) is 1. The highest BCUT2D eigenvalue weighted by Gasteiger charge is 2.41. The fraction of sp³-hybridized carbons (Fsp3) is 0.250. The molecule has 0 saturated carbocycles. The van der Waals surface area contributed by atoms with Crippen LogP contribution in [0.5, 0.6) is 0 Å². The van der Waals surface area contributed by atoms with E-state index < -0.39 is 11.9 Å². The van der Waals surface area contributed by atoms with Crippen LogP contribution >= 0.6 is 0 Å². The molecule has 0 amide bonds. The first kappa shape index (κ1) is 19.1. The molecule has 0 saturated heterocycles. The number of benzene rings is 2. The lowest BCUT2D eigenvalue weighted by atomic mass is 9.72. The molecule has 4 nitrogen and oxygen atoms in total. The van der Waals surface area contributed by atoms with E-state index in [0.717, 1.165) is 11.3 Å². The maximum Gasteiger partial charge on any atom is 0.336 e. The molecule has 5 heteroatoms. The Labute approximate surface area is 169 Å². The highest BCUT2D eigenvalue weighted by molar-refractivity contribution is 6.04. The lowest BCUT2D eigenvalue weighted by Crippen LogP contribution is -2.36. The lowest BCUT2D eigenvalue weighted by Gasteiger charge is -2.36. The van der Waals surface area contributed by atoms with Crippen molar-refractivity contribution in [2.24, 2.45) is 0 Å². The van der Waals surface area contributed by atoms with Crippen LogP contribution in [0.25, 0.3) is 0 Å². The minimum absolute atomic E-state index is 0.00386. The first-order valence-corrected chi connectivity index (χ1v) is 9.62. The number of allylic oxidation sites excluding steroid dienone is 3. The second-order valence-corrected chi connectivity index (χ2v) is 7.47. The molecule has 0 unspecified atom stereocenters. The number of rotatable bonds is 3. The molecule has 0 fully saturated rings. The molecule has 148 valence electrons. The van der Waals surface area contributed by atoms with E-state index in [-0.39, 0.29) is 17.5 Å². The topological polar surface area (TPSA) is 55.4 Å². The summed E-state index contributed by atoms with van der Waals surface area (Å²) < 4.78 is 18.5. The molecule has 2 aliphatic rings. The number of ether oxygens (including phenoxy) is 1. The summed E-state index contributed by atoms with van der Waals surface area (Å²) in [5.41, 5.74) is 4.28. The normalized spacial score (nSPS) is 21.6. The minimum Gasteiger partial charge on any atom is -0.466 e. The molecule has 1 N–H and O–H groups in total. The Morgan fingerprint density at radius 1 is 1.03 bits per heavy atom. The number of esters is 1. The smallest absolute Gasteiger partial charge is 0.336 e. The number of hydrogen-bond donors (Lipinski definition) is 1. The number of halogens is 1. The zero-order valence-electron chi connectivity index (χ0n) is 16.4. The van der Waals surface area contributed by atoms with Gasteiger partial charge in [-0.25, -0.2) is 9.18 Å². The monoisotopic (exact) mass is 391 g/mol. The first-order valence-electron chi connectivity index (χ1n) is 9.62. The maximum atomic E-state index is 13.5. The minimum atomic E-state index is -0.566. The average molecular weight is 391 g/mol. The summed E-state index contributed by atoms with van der Waals surface area (Å²) in [5.74, 6) is -1.35. The largest absolute Gasteiger partial charge is 0.466 e. The van der Waals surface area contributed by atoms with Crippen LogP contribution in [0, 0.1) is 5.82 Å². The number of carbonyl (C=O) groups is 2. The van der Waals surface area contributed by atoms with Crippen molar-refractivity contribution in [2.75, 3.05) is 7.11 Å². The summed E-state index contributed by atoms with van der Waals surface area (Å²) in [6.45, 7) is 1.81. The van der Waals surface area contributed by atoms with Crippen LogP contribution in [0.2, 0.25) is 0 Å². The second kappa shape index (κ2) is 7.66. The van der Waals surface area contributed by atoms with Crippen molar-refractivity contribution < 1.29 is 18.7 Å². The van der Waals surface area contributed by atoms with Crippen molar-refractivity contribution >= 4 is 11.8 Å². The summed E-state index contributed by atoms with van der Waals surface area (Å²) in [4.78, 5) is 25.8. The fourth-order valence-electron chi connectivity index (χ4n) is 4.37. The van der Waals surface area contributed by atoms with E-state index in [9.17, 15) is 14.0 Å². The highest BCUT2D eigenvalue weighted by atomic mass is 19.1. The van der Waals surface area contributed by atoms with Crippen LogP contribution in [0.4, 0.5) is 4.39 Å². The lowest BCUT2D eigenvalue weighted by molar-refractivity contribution is -0.136. The van der Waals surface area contributed by atoms with E-state index in [1.165, 1.54) is 19.2 Å². The van der Waals surface area contributed by atoms with Gasteiger partial charge in [0.25, 0.3) is 0 Å². The summed E-state index contributed by atoms with van der Waals surface area (Å²) in [6.07, 6.45) is 1.05. The Morgan fingerprint density at radius 2 is 1.72 bits per heavy atom. The third-order valence-corrected chi connectivity index (χ3v) is 5.71. The Hall–Kier alpha value is -3.21. The molecule has 0 spiro atoms. The van der Waals surface area contributed by atoms with Crippen molar-refractivity contribution in [1.82, 2.24) is 5.32 Å². The van der Waals surface area contributed by atoms with Gasteiger partial charge < -0.3 is 10.1 Å². The van der Waals surface area contributed by atoms with Gasteiger partial charge in [-0.3, -0.25) is 4.79 Å². The van der Waals surface area contributed by atoms with E-state index in [0.29, 0.717) is 35.2 Å². The molecular weight excluding hydrogens is 369 g/mol. The molecule has 0 aromatic heterocycles. The van der Waals surface area contributed by atoms with Crippen molar-refractivity contribution in [3.8, 4) is 0 Å². The van der Waals surface area contributed by atoms with Gasteiger partial charge in [-0.1, -0.05) is 42.5 Å². The Morgan fingerprint density at radius 3 is 2.38 bits per heavy atom. The van der Waals surface area contributed by atoms with Crippen LogP contribution < -0.4 is 5.32 Å². The molecule has 1 aliphatic heterocycles. The third kappa shape index (κ3) is 3.48. The van der Waals surface area contributed by atoms with Crippen LogP contribution in [0.3, 0.4) is 0 Å². The van der Waals surface area contributed by atoms with Gasteiger partial charge in [0.2, 0.25) is 0 Å². The summed E-state index contributed by atoms with van der Waals surface area (Å²) in [6, 6.07) is 15.9. The zero-order valence-corrected chi connectivity index (χ0v) is 16.4. The van der Waals surface area contributed by atoms with Crippen molar-refractivity contribution in [3.05, 3.63) is 94.1 Å². The molecule has 0 bridgehead atoms. The molecule has 2 aromatic carbocycles. The predicted octanol–water partition coefficient (Wildman–Crippen LogP) is 4.36. The summed E-state index contributed by atoms with van der Waals surface area (Å²) >= 11 is 0. The molecule has 2 atom stereocenters. The number of carbonyl (C=O) groups excluding carboxylic acids is 2. The molecule has 29 heavy (non-hydrogen) atoms. The average Bonchev–Trinajstić information content (AvgIpc) is 2.73. The van der Waals surface area contributed by atoms with E-state index in [1.54, 1.807) is 12.1 Å². The van der Waals surface area contributed by atoms with Gasteiger partial charge in [-0.05, 0) is 42.5 Å². The number of nitrogens with one attached hydrogen (secondary N) is 1. The quantitative estimate of drug-likeness (QED) is 0.790. The van der Waals surface area contributed by atoms with E-state index >= 15 is 0 Å². The molecule has 2 aromatic rings. The van der Waals surface area contributed by atoms with Crippen molar-refractivity contribution in [3.63, 3.8) is 0 Å². The highest BCUT2D eigenvalue weighted by Crippen LogP contribution is 2.45. The van der Waals surface area contributed by atoms with Crippen LogP contribution in [0.15, 0.2) is 77.1 Å². The molecule has 4 rings (SSSR count). The Balaban J connectivity index is 1.81. The Kier molecular flexibility index (Phi) is 5.05. The van der Waals surface area contributed by atoms with Gasteiger partial charge in [0.15, 0.2) is 5.78 Å². The Bertz CT molecular complexity index is 1020. The van der Waals surface area contributed by atoms with E-state index in [1.807, 2.05) is 37.3 Å². The standard InChI is InChI=1S/C24H22FNO3/c1-14-21(24(28)29-2)22(16-8-10-18(25)11-9-16)23-19(26-14)12-17(13-20(23)27)15-6-4-3-5-7-15/h3-11,17,22,26H,12-13H2,1-2H3/t17-,22+/m1/s1. The fourth-order valence-corrected chi connectivity index (χ4v) is 4.37. The van der Waals surface area contributed by atoms with Crippen LogP contribution in [0.1, 0.15) is 42.7 Å². The van der Waals surface area contributed by atoms with E-state index in [4.69, 9.17) is 4.74 Å². The predicted molar refractivity (Wildman–Crippen MR) is 107 cm³/mol.